The molecule has 25 heavy (non-hydrogen) atoms. The zero-order valence-electron chi connectivity index (χ0n) is 14.0. The van der Waals surface area contributed by atoms with Crippen molar-refractivity contribution >= 4 is 0 Å². The number of aromatic nitrogens is 4. The smallest absolute Gasteiger partial charge is 0.197 e. The molecule has 1 aliphatic rings. The highest BCUT2D eigenvalue weighted by atomic mass is 19.1. The monoisotopic (exact) mass is 336 g/mol. The van der Waals surface area contributed by atoms with E-state index in [1.54, 1.807) is 24.5 Å². The third-order valence-corrected chi connectivity index (χ3v) is 4.58. The van der Waals surface area contributed by atoms with Crippen molar-refractivity contribution in [3.63, 3.8) is 0 Å². The number of rotatable bonds is 4. The minimum Gasteiger partial charge on any atom is -0.494 e. The summed E-state index contributed by atoms with van der Waals surface area (Å²) >= 11 is 0. The number of benzene rings is 1. The molecule has 5 nitrogen and oxygen atoms in total. The zero-order chi connectivity index (χ0) is 17.4. The molecule has 0 radical (unpaired) electrons. The predicted molar refractivity (Wildman–Crippen MR) is 90.8 cm³/mol. The Bertz CT molecular complexity index is 917. The summed E-state index contributed by atoms with van der Waals surface area (Å²) in [6, 6.07) is 6.83. The van der Waals surface area contributed by atoms with Crippen LogP contribution in [0.1, 0.15) is 35.1 Å². The molecule has 0 aliphatic heterocycles. The van der Waals surface area contributed by atoms with E-state index in [1.807, 2.05) is 19.2 Å². The SMILES string of the molecule is COc1cc([C@@H]2C[C@H]2c2cnc(-c3ncccn3)nc2C)ccc1F. The normalized spacial score (nSPS) is 18.8. The van der Waals surface area contributed by atoms with E-state index in [-0.39, 0.29) is 11.6 Å². The van der Waals surface area contributed by atoms with Gasteiger partial charge in [-0.3, -0.25) is 0 Å². The molecule has 0 unspecified atom stereocenters. The van der Waals surface area contributed by atoms with Gasteiger partial charge in [0.1, 0.15) is 0 Å². The molecular weight excluding hydrogens is 319 g/mol. The summed E-state index contributed by atoms with van der Waals surface area (Å²) in [5.74, 6) is 1.69. The Morgan fingerprint density at radius 2 is 1.88 bits per heavy atom. The van der Waals surface area contributed by atoms with Gasteiger partial charge in [-0.15, -0.1) is 0 Å². The fraction of sp³-hybridized carbons (Fsp3) is 0.263. The average molecular weight is 336 g/mol. The van der Waals surface area contributed by atoms with E-state index >= 15 is 0 Å². The summed E-state index contributed by atoms with van der Waals surface area (Å²) in [6.07, 6.45) is 6.21. The van der Waals surface area contributed by atoms with E-state index in [4.69, 9.17) is 4.74 Å². The fourth-order valence-electron chi connectivity index (χ4n) is 3.18. The Morgan fingerprint density at radius 1 is 1.08 bits per heavy atom. The molecule has 0 spiro atoms. The van der Waals surface area contributed by atoms with Crippen molar-refractivity contribution in [3.8, 4) is 17.4 Å². The van der Waals surface area contributed by atoms with Crippen molar-refractivity contribution in [1.82, 2.24) is 19.9 Å². The first-order valence-corrected chi connectivity index (χ1v) is 8.11. The van der Waals surface area contributed by atoms with Crippen LogP contribution in [0.2, 0.25) is 0 Å². The second kappa shape index (κ2) is 6.20. The van der Waals surface area contributed by atoms with Crippen molar-refractivity contribution in [1.29, 1.82) is 0 Å². The largest absolute Gasteiger partial charge is 0.494 e. The summed E-state index contributed by atoms with van der Waals surface area (Å²) in [6.45, 7) is 1.98. The molecule has 0 amide bonds. The highest BCUT2D eigenvalue weighted by molar-refractivity contribution is 5.46. The molecule has 3 aromatic rings. The predicted octanol–water partition coefficient (Wildman–Crippen LogP) is 3.66. The van der Waals surface area contributed by atoms with E-state index in [9.17, 15) is 4.39 Å². The van der Waals surface area contributed by atoms with Crippen LogP contribution in [-0.4, -0.2) is 27.0 Å². The number of hydrogen-bond acceptors (Lipinski definition) is 5. The lowest BCUT2D eigenvalue weighted by molar-refractivity contribution is 0.386. The maximum absolute atomic E-state index is 13.6. The molecule has 2 aromatic heterocycles. The van der Waals surface area contributed by atoms with Crippen molar-refractivity contribution in [2.75, 3.05) is 7.11 Å². The molecule has 1 aromatic carbocycles. The highest BCUT2D eigenvalue weighted by Crippen LogP contribution is 2.55. The van der Waals surface area contributed by atoms with Gasteiger partial charge in [0.25, 0.3) is 0 Å². The molecule has 0 saturated heterocycles. The van der Waals surface area contributed by atoms with Crippen LogP contribution in [-0.2, 0) is 0 Å². The van der Waals surface area contributed by atoms with Gasteiger partial charge in [-0.25, -0.2) is 24.3 Å². The van der Waals surface area contributed by atoms with Gasteiger partial charge in [0, 0.05) is 24.3 Å². The quantitative estimate of drug-likeness (QED) is 0.727. The van der Waals surface area contributed by atoms with Gasteiger partial charge in [0.05, 0.1) is 7.11 Å². The highest BCUT2D eigenvalue weighted by Gasteiger charge is 2.41. The van der Waals surface area contributed by atoms with Gasteiger partial charge in [0.2, 0.25) is 0 Å². The summed E-state index contributed by atoms with van der Waals surface area (Å²) in [7, 11) is 1.48. The minimum absolute atomic E-state index is 0.285. The maximum atomic E-state index is 13.6. The number of methoxy groups -OCH3 is 1. The maximum Gasteiger partial charge on any atom is 0.197 e. The van der Waals surface area contributed by atoms with Crippen LogP contribution >= 0.6 is 0 Å². The van der Waals surface area contributed by atoms with Crippen molar-refractivity contribution in [2.24, 2.45) is 0 Å². The standard InChI is InChI=1S/C19H17FN4O/c1-11-15(10-23-19(24-11)18-21-6-3-7-22-18)14-9-13(14)12-4-5-16(20)17(8-12)25-2/h3-8,10,13-14H,9H2,1-2H3/t13-,14+/m0/s1. The third kappa shape index (κ3) is 2.95. The molecule has 6 heteroatoms. The molecule has 2 heterocycles. The second-order valence-electron chi connectivity index (χ2n) is 6.15. The molecule has 1 aliphatic carbocycles. The Morgan fingerprint density at radius 3 is 2.60 bits per heavy atom. The average Bonchev–Trinajstić information content (AvgIpc) is 3.43. The number of ether oxygens (including phenoxy) is 1. The van der Waals surface area contributed by atoms with Crippen LogP contribution < -0.4 is 4.74 Å². The molecule has 2 atom stereocenters. The van der Waals surface area contributed by atoms with Crippen LogP contribution in [0.5, 0.6) is 5.75 Å². The fourth-order valence-corrected chi connectivity index (χ4v) is 3.18. The van der Waals surface area contributed by atoms with Crippen LogP contribution in [0.15, 0.2) is 42.9 Å². The lowest BCUT2D eigenvalue weighted by atomic mass is 10.0. The lowest BCUT2D eigenvalue weighted by Gasteiger charge is -2.08. The van der Waals surface area contributed by atoms with Crippen molar-refractivity contribution < 1.29 is 9.13 Å². The van der Waals surface area contributed by atoms with Gasteiger partial charge >= 0.3 is 0 Å². The van der Waals surface area contributed by atoms with Gasteiger partial charge < -0.3 is 4.74 Å². The van der Waals surface area contributed by atoms with Gasteiger partial charge in [-0.1, -0.05) is 6.07 Å². The van der Waals surface area contributed by atoms with Gasteiger partial charge in [-0.2, -0.15) is 0 Å². The molecule has 1 fully saturated rings. The summed E-state index contributed by atoms with van der Waals surface area (Å²) in [5.41, 5.74) is 3.13. The van der Waals surface area contributed by atoms with Crippen LogP contribution in [0.3, 0.4) is 0 Å². The molecule has 4 rings (SSSR count). The molecule has 1 saturated carbocycles. The van der Waals surface area contributed by atoms with Gasteiger partial charge in [-0.05, 0) is 54.5 Å². The van der Waals surface area contributed by atoms with Crippen LogP contribution in [0.25, 0.3) is 11.6 Å². The second-order valence-corrected chi connectivity index (χ2v) is 6.15. The molecule has 0 N–H and O–H groups in total. The van der Waals surface area contributed by atoms with E-state index in [0.717, 1.165) is 23.2 Å². The first-order chi connectivity index (χ1) is 12.2. The molecular formula is C19H17FN4O. The first-order valence-electron chi connectivity index (χ1n) is 8.11. The van der Waals surface area contributed by atoms with Crippen LogP contribution in [0, 0.1) is 12.7 Å². The van der Waals surface area contributed by atoms with Crippen molar-refractivity contribution in [2.45, 2.75) is 25.2 Å². The zero-order valence-corrected chi connectivity index (χ0v) is 14.0. The Balaban J connectivity index is 1.58. The van der Waals surface area contributed by atoms with E-state index in [1.165, 1.54) is 13.2 Å². The Labute approximate surface area is 145 Å². The number of nitrogens with zero attached hydrogens (tertiary/aromatic N) is 4. The van der Waals surface area contributed by atoms with Crippen LogP contribution in [0.4, 0.5) is 4.39 Å². The number of hydrogen-bond donors (Lipinski definition) is 0. The Hall–Kier alpha value is -2.89. The molecule has 126 valence electrons. The van der Waals surface area contributed by atoms with E-state index in [0.29, 0.717) is 23.5 Å². The summed E-state index contributed by atoms with van der Waals surface area (Å²) < 4.78 is 18.7. The number of aryl methyl sites for hydroxylation is 1. The first kappa shape index (κ1) is 15.6. The summed E-state index contributed by atoms with van der Waals surface area (Å²) in [4.78, 5) is 17.4. The summed E-state index contributed by atoms with van der Waals surface area (Å²) in [5, 5.41) is 0. The lowest BCUT2D eigenvalue weighted by Crippen LogP contribution is -2.00. The Kier molecular flexibility index (Phi) is 3.87. The van der Waals surface area contributed by atoms with E-state index < -0.39 is 0 Å². The van der Waals surface area contributed by atoms with Gasteiger partial charge in [0.15, 0.2) is 23.2 Å². The minimum atomic E-state index is -0.338. The third-order valence-electron chi connectivity index (χ3n) is 4.58. The van der Waals surface area contributed by atoms with E-state index in [2.05, 4.69) is 19.9 Å². The molecule has 0 bridgehead atoms. The van der Waals surface area contributed by atoms with Crippen molar-refractivity contribution in [3.05, 3.63) is 65.5 Å². The topological polar surface area (TPSA) is 60.8 Å². The number of halogens is 1.